The van der Waals surface area contributed by atoms with Crippen LogP contribution >= 0.6 is 11.6 Å². The van der Waals surface area contributed by atoms with Gasteiger partial charge in [0.05, 0.1) is 17.4 Å². The van der Waals surface area contributed by atoms with Crippen molar-refractivity contribution >= 4 is 28.9 Å². The number of carbonyl (C=O) groups excluding carboxylic acids is 1. The van der Waals surface area contributed by atoms with Crippen molar-refractivity contribution in [2.45, 2.75) is 12.5 Å². The second-order valence-corrected chi connectivity index (χ2v) is 6.42. The Labute approximate surface area is 140 Å². The number of carbonyl (C=O) groups is 1. The molecule has 0 spiro atoms. The van der Waals surface area contributed by atoms with Crippen molar-refractivity contribution < 1.29 is 4.79 Å². The van der Waals surface area contributed by atoms with Crippen molar-refractivity contribution in [1.82, 2.24) is 5.32 Å². The minimum absolute atomic E-state index is 0.0768. The van der Waals surface area contributed by atoms with Crippen molar-refractivity contribution in [2.24, 2.45) is 0 Å². The highest BCUT2D eigenvalue weighted by atomic mass is 35.5. The molecule has 0 radical (unpaired) electrons. The van der Waals surface area contributed by atoms with E-state index in [1.54, 1.807) is 0 Å². The van der Waals surface area contributed by atoms with Crippen molar-refractivity contribution in [2.75, 3.05) is 29.9 Å². The molecule has 2 aromatic rings. The van der Waals surface area contributed by atoms with Crippen LogP contribution in [0.5, 0.6) is 0 Å². The van der Waals surface area contributed by atoms with Crippen LogP contribution in [-0.2, 0) is 4.79 Å². The lowest BCUT2D eigenvalue weighted by atomic mass is 10.0. The first-order valence-electron chi connectivity index (χ1n) is 7.88. The van der Waals surface area contributed by atoms with E-state index in [2.05, 4.69) is 21.6 Å². The summed E-state index contributed by atoms with van der Waals surface area (Å²) in [6, 6.07) is 14.2. The summed E-state index contributed by atoms with van der Waals surface area (Å²) in [6.07, 6.45) is 0.517. The van der Waals surface area contributed by atoms with Crippen molar-refractivity contribution in [3.63, 3.8) is 0 Å². The standard InChI is InChI=1S/C18H18ClN3O/c19-15-4-2-1-3-14(15)12-5-6-16-17(9-12)22-8-7-20-11-13(22)10-18(23)21-16/h1-6,9,13,20H,7-8,10-11H2,(H,21,23). The normalized spacial score (nSPS) is 20.3. The number of fused-ring (bicyclic) bond motifs is 3. The van der Waals surface area contributed by atoms with Gasteiger partial charge in [0.2, 0.25) is 5.91 Å². The van der Waals surface area contributed by atoms with Gasteiger partial charge in [-0.25, -0.2) is 0 Å². The summed E-state index contributed by atoms with van der Waals surface area (Å²) in [6.45, 7) is 2.67. The molecular formula is C18H18ClN3O. The molecule has 5 heteroatoms. The Kier molecular flexibility index (Phi) is 3.71. The largest absolute Gasteiger partial charge is 0.364 e. The number of hydrogen-bond donors (Lipinski definition) is 2. The minimum Gasteiger partial charge on any atom is -0.364 e. The van der Waals surface area contributed by atoms with Crippen molar-refractivity contribution in [3.8, 4) is 11.1 Å². The van der Waals surface area contributed by atoms with E-state index in [0.717, 1.165) is 47.2 Å². The molecule has 1 fully saturated rings. The van der Waals surface area contributed by atoms with Gasteiger partial charge in [-0.05, 0) is 23.8 Å². The third-order valence-corrected chi connectivity index (χ3v) is 4.87. The third kappa shape index (κ3) is 2.69. The van der Waals surface area contributed by atoms with E-state index in [1.807, 2.05) is 36.4 Å². The molecule has 1 unspecified atom stereocenters. The Morgan fingerprint density at radius 1 is 1.17 bits per heavy atom. The Balaban J connectivity index is 1.82. The first-order chi connectivity index (χ1) is 11.2. The lowest BCUT2D eigenvalue weighted by Gasteiger charge is -2.36. The molecule has 2 aliphatic rings. The molecule has 1 amide bonds. The molecule has 23 heavy (non-hydrogen) atoms. The average molecular weight is 328 g/mol. The molecular weight excluding hydrogens is 310 g/mol. The van der Waals surface area contributed by atoms with Gasteiger partial charge in [0.1, 0.15) is 0 Å². The lowest BCUT2D eigenvalue weighted by molar-refractivity contribution is -0.116. The Hall–Kier alpha value is -2.04. The van der Waals surface area contributed by atoms with Crippen LogP contribution in [0, 0.1) is 0 Å². The first kappa shape index (κ1) is 14.5. The maximum Gasteiger partial charge on any atom is 0.226 e. The number of hydrogen-bond acceptors (Lipinski definition) is 3. The smallest absolute Gasteiger partial charge is 0.226 e. The second kappa shape index (κ2) is 5.87. The van der Waals surface area contributed by atoms with Crippen molar-refractivity contribution in [1.29, 1.82) is 0 Å². The molecule has 0 bridgehead atoms. The third-order valence-electron chi connectivity index (χ3n) is 4.54. The molecule has 2 heterocycles. The Bertz CT molecular complexity index is 762. The van der Waals surface area contributed by atoms with Gasteiger partial charge < -0.3 is 15.5 Å². The van der Waals surface area contributed by atoms with Gasteiger partial charge in [0, 0.05) is 36.6 Å². The number of piperazine rings is 1. The molecule has 2 aliphatic heterocycles. The highest BCUT2D eigenvalue weighted by Crippen LogP contribution is 2.37. The summed E-state index contributed by atoms with van der Waals surface area (Å²) >= 11 is 6.34. The van der Waals surface area contributed by atoms with Gasteiger partial charge in [0.15, 0.2) is 0 Å². The maximum atomic E-state index is 12.1. The molecule has 1 atom stereocenters. The first-order valence-corrected chi connectivity index (χ1v) is 8.26. The zero-order valence-electron chi connectivity index (χ0n) is 12.7. The van der Waals surface area contributed by atoms with E-state index in [1.165, 1.54) is 0 Å². The lowest BCUT2D eigenvalue weighted by Crippen LogP contribution is -2.51. The van der Waals surface area contributed by atoms with Crippen LogP contribution in [0.2, 0.25) is 5.02 Å². The summed E-state index contributed by atoms with van der Waals surface area (Å²) in [4.78, 5) is 14.5. The van der Waals surface area contributed by atoms with Crippen LogP contribution in [0.25, 0.3) is 11.1 Å². The summed E-state index contributed by atoms with van der Waals surface area (Å²) in [5.41, 5.74) is 4.05. The molecule has 1 saturated heterocycles. The molecule has 0 aromatic heterocycles. The molecule has 118 valence electrons. The molecule has 4 rings (SSSR count). The Morgan fingerprint density at radius 2 is 2.04 bits per heavy atom. The fourth-order valence-corrected chi connectivity index (χ4v) is 3.66. The summed E-state index contributed by atoms with van der Waals surface area (Å²) in [5, 5.41) is 7.14. The van der Waals surface area contributed by atoms with Crippen LogP contribution in [0.4, 0.5) is 11.4 Å². The molecule has 0 saturated carbocycles. The predicted molar refractivity (Wildman–Crippen MR) is 94.1 cm³/mol. The topological polar surface area (TPSA) is 44.4 Å². The highest BCUT2D eigenvalue weighted by molar-refractivity contribution is 6.33. The molecule has 2 aromatic carbocycles. The van der Waals surface area contributed by atoms with Gasteiger partial charge in [0.25, 0.3) is 0 Å². The summed E-state index contributed by atoms with van der Waals surface area (Å²) in [7, 11) is 0. The van der Waals surface area contributed by atoms with Crippen LogP contribution in [0.1, 0.15) is 6.42 Å². The predicted octanol–water partition coefficient (Wildman–Crippen LogP) is 3.13. The molecule has 4 nitrogen and oxygen atoms in total. The van der Waals surface area contributed by atoms with Gasteiger partial charge in [-0.2, -0.15) is 0 Å². The SMILES string of the molecule is O=C1CC2CNCCN2c2cc(-c3ccccc3Cl)ccc2N1. The van der Waals surface area contributed by atoms with E-state index >= 15 is 0 Å². The van der Waals surface area contributed by atoms with Crippen LogP contribution in [0.15, 0.2) is 42.5 Å². The number of anilines is 2. The average Bonchev–Trinajstić information content (AvgIpc) is 2.70. The maximum absolute atomic E-state index is 12.1. The van der Waals surface area contributed by atoms with Gasteiger partial charge in [-0.1, -0.05) is 35.9 Å². The quantitative estimate of drug-likeness (QED) is 0.846. The number of amides is 1. The number of halogens is 1. The van der Waals surface area contributed by atoms with E-state index in [-0.39, 0.29) is 11.9 Å². The number of nitrogens with one attached hydrogen (secondary N) is 2. The number of rotatable bonds is 1. The fraction of sp³-hybridized carbons (Fsp3) is 0.278. The van der Waals surface area contributed by atoms with Crippen LogP contribution in [-0.4, -0.2) is 31.6 Å². The zero-order valence-corrected chi connectivity index (χ0v) is 13.4. The van der Waals surface area contributed by atoms with E-state index in [0.29, 0.717) is 6.42 Å². The van der Waals surface area contributed by atoms with E-state index in [9.17, 15) is 4.79 Å². The zero-order chi connectivity index (χ0) is 15.8. The van der Waals surface area contributed by atoms with E-state index < -0.39 is 0 Å². The van der Waals surface area contributed by atoms with Crippen LogP contribution in [0.3, 0.4) is 0 Å². The highest BCUT2D eigenvalue weighted by Gasteiger charge is 2.30. The van der Waals surface area contributed by atoms with Gasteiger partial charge in [-0.15, -0.1) is 0 Å². The molecule has 2 N–H and O–H groups in total. The Morgan fingerprint density at radius 3 is 2.91 bits per heavy atom. The minimum atomic E-state index is 0.0768. The number of benzene rings is 2. The second-order valence-electron chi connectivity index (χ2n) is 6.02. The van der Waals surface area contributed by atoms with Gasteiger partial charge >= 0.3 is 0 Å². The van der Waals surface area contributed by atoms with Crippen molar-refractivity contribution in [3.05, 3.63) is 47.5 Å². The van der Waals surface area contributed by atoms with Gasteiger partial charge in [-0.3, -0.25) is 4.79 Å². The van der Waals surface area contributed by atoms with Crippen LogP contribution < -0.4 is 15.5 Å². The molecule has 0 aliphatic carbocycles. The summed E-state index contributed by atoms with van der Waals surface area (Å²) in [5.74, 6) is 0.0768. The summed E-state index contributed by atoms with van der Waals surface area (Å²) < 4.78 is 0. The number of nitrogens with zero attached hydrogens (tertiary/aromatic N) is 1. The monoisotopic (exact) mass is 327 g/mol. The fourth-order valence-electron chi connectivity index (χ4n) is 3.41. The van der Waals surface area contributed by atoms with E-state index in [4.69, 9.17) is 11.6 Å².